The van der Waals surface area contributed by atoms with Gasteiger partial charge in [-0.1, -0.05) is 30.3 Å². The molecule has 0 bridgehead atoms. The van der Waals surface area contributed by atoms with E-state index in [9.17, 15) is 13.6 Å². The molecule has 3 aromatic rings. The summed E-state index contributed by atoms with van der Waals surface area (Å²) in [4.78, 5) is 12.9. The molecule has 4 rings (SSSR count). The molecule has 0 aromatic heterocycles. The van der Waals surface area contributed by atoms with Gasteiger partial charge in [0.05, 0.1) is 0 Å². The quantitative estimate of drug-likeness (QED) is 0.534. The van der Waals surface area contributed by atoms with E-state index >= 15 is 0 Å². The number of hydrogen-bond acceptors (Lipinski definition) is 3. The molecule has 0 amide bonds. The number of para-hydroxylation sites is 1. The van der Waals surface area contributed by atoms with Gasteiger partial charge in [-0.15, -0.1) is 0 Å². The number of carboxylic acids is 1. The summed E-state index contributed by atoms with van der Waals surface area (Å²) in [5.74, 6) is -2.61. The maximum atomic E-state index is 14.2. The van der Waals surface area contributed by atoms with Crippen LogP contribution in [0.5, 0.6) is 5.75 Å². The Labute approximate surface area is 179 Å². The Morgan fingerprint density at radius 3 is 2.48 bits per heavy atom. The number of benzene rings is 3. The molecule has 3 aromatic carbocycles. The first-order valence-electron chi connectivity index (χ1n) is 10.3. The van der Waals surface area contributed by atoms with Crippen molar-refractivity contribution in [3.05, 3.63) is 89.0 Å². The summed E-state index contributed by atoms with van der Waals surface area (Å²) in [6, 6.07) is 18.5. The number of anilines is 2. The Bertz CT molecular complexity index is 1060. The van der Waals surface area contributed by atoms with Gasteiger partial charge < -0.3 is 14.7 Å². The SMILES string of the molecule is O=C(O)CCc1c(F)cc(OCc2ccc3c(c2)N(c2ccccc2)CCC3)cc1F. The van der Waals surface area contributed by atoms with E-state index in [1.807, 2.05) is 24.3 Å². The van der Waals surface area contributed by atoms with Crippen LogP contribution in [-0.2, 0) is 24.2 Å². The Morgan fingerprint density at radius 1 is 1.03 bits per heavy atom. The molecular weight excluding hydrogens is 400 g/mol. The summed E-state index contributed by atoms with van der Waals surface area (Å²) in [6.07, 6.45) is 1.55. The lowest BCUT2D eigenvalue weighted by atomic mass is 9.99. The predicted octanol–water partition coefficient (Wildman–Crippen LogP) is 5.65. The van der Waals surface area contributed by atoms with Crippen molar-refractivity contribution in [2.24, 2.45) is 0 Å². The van der Waals surface area contributed by atoms with E-state index in [1.54, 1.807) is 0 Å². The summed E-state index contributed by atoms with van der Waals surface area (Å²) in [5, 5.41) is 8.72. The first-order chi connectivity index (χ1) is 15.0. The standard InChI is InChI=1S/C25H23F2NO3/c26-22-14-20(15-23(27)21(22)10-11-25(29)30)31-16-17-8-9-18-5-4-12-28(24(18)13-17)19-6-2-1-3-7-19/h1-3,6-9,13-15H,4-5,10-12,16H2,(H,29,30). The van der Waals surface area contributed by atoms with Crippen LogP contribution in [0.25, 0.3) is 0 Å². The second kappa shape index (κ2) is 9.16. The Balaban J connectivity index is 1.50. The highest BCUT2D eigenvalue weighted by molar-refractivity contribution is 5.68. The number of hydrogen-bond donors (Lipinski definition) is 1. The van der Waals surface area contributed by atoms with Gasteiger partial charge in [-0.25, -0.2) is 8.78 Å². The molecule has 0 aliphatic carbocycles. The van der Waals surface area contributed by atoms with Crippen LogP contribution in [-0.4, -0.2) is 17.6 Å². The zero-order chi connectivity index (χ0) is 21.8. The maximum absolute atomic E-state index is 14.2. The molecule has 1 aliphatic heterocycles. The van der Waals surface area contributed by atoms with Gasteiger partial charge >= 0.3 is 5.97 Å². The molecule has 4 nitrogen and oxygen atoms in total. The Morgan fingerprint density at radius 2 is 1.77 bits per heavy atom. The molecule has 1 N–H and O–H groups in total. The average molecular weight is 423 g/mol. The lowest BCUT2D eigenvalue weighted by molar-refractivity contribution is -0.136. The number of halogens is 2. The topological polar surface area (TPSA) is 49.8 Å². The van der Waals surface area contributed by atoms with E-state index in [2.05, 4.69) is 29.2 Å². The van der Waals surface area contributed by atoms with Crippen LogP contribution in [0.15, 0.2) is 60.7 Å². The fourth-order valence-electron chi connectivity index (χ4n) is 3.89. The van der Waals surface area contributed by atoms with Gasteiger partial charge in [0.1, 0.15) is 24.0 Å². The van der Waals surface area contributed by atoms with Gasteiger partial charge in [0, 0.05) is 42.0 Å². The minimum atomic E-state index is -1.10. The molecule has 160 valence electrons. The van der Waals surface area contributed by atoms with E-state index in [0.717, 1.165) is 48.5 Å². The number of rotatable bonds is 7. The second-order valence-electron chi connectivity index (χ2n) is 7.60. The molecule has 0 unspecified atom stereocenters. The van der Waals surface area contributed by atoms with Crippen LogP contribution >= 0.6 is 0 Å². The number of aryl methyl sites for hydroxylation is 1. The minimum absolute atomic E-state index is 0.0757. The van der Waals surface area contributed by atoms with Gasteiger partial charge in [-0.3, -0.25) is 4.79 Å². The van der Waals surface area contributed by atoms with E-state index in [1.165, 1.54) is 5.56 Å². The number of carboxylic acid groups (broad SMARTS) is 1. The summed E-state index contributed by atoms with van der Waals surface area (Å²) in [7, 11) is 0. The zero-order valence-corrected chi connectivity index (χ0v) is 17.0. The number of nitrogens with zero attached hydrogens (tertiary/aromatic N) is 1. The van der Waals surface area contributed by atoms with Crippen molar-refractivity contribution in [2.45, 2.75) is 32.3 Å². The van der Waals surface area contributed by atoms with Crippen molar-refractivity contribution in [3.8, 4) is 5.75 Å². The smallest absolute Gasteiger partial charge is 0.303 e. The highest BCUT2D eigenvalue weighted by atomic mass is 19.1. The number of carbonyl (C=O) groups is 1. The highest BCUT2D eigenvalue weighted by Crippen LogP contribution is 2.34. The van der Waals surface area contributed by atoms with Crippen molar-refractivity contribution in [3.63, 3.8) is 0 Å². The minimum Gasteiger partial charge on any atom is -0.489 e. The molecule has 0 atom stereocenters. The maximum Gasteiger partial charge on any atom is 0.303 e. The summed E-state index contributed by atoms with van der Waals surface area (Å²) < 4.78 is 34.1. The van der Waals surface area contributed by atoms with Gasteiger partial charge in [0.2, 0.25) is 0 Å². The highest BCUT2D eigenvalue weighted by Gasteiger charge is 2.19. The van der Waals surface area contributed by atoms with Crippen molar-refractivity contribution in [1.82, 2.24) is 0 Å². The lowest BCUT2D eigenvalue weighted by Crippen LogP contribution is -2.24. The zero-order valence-electron chi connectivity index (χ0n) is 17.0. The third-order valence-corrected chi connectivity index (χ3v) is 5.45. The van der Waals surface area contributed by atoms with Gasteiger partial charge in [-0.2, -0.15) is 0 Å². The summed E-state index contributed by atoms with van der Waals surface area (Å²) in [6.45, 7) is 1.10. The Hall–Kier alpha value is -3.41. The van der Waals surface area contributed by atoms with Crippen LogP contribution in [0.3, 0.4) is 0 Å². The third kappa shape index (κ3) is 4.85. The first-order valence-corrected chi connectivity index (χ1v) is 10.3. The molecule has 31 heavy (non-hydrogen) atoms. The molecule has 1 heterocycles. The van der Waals surface area contributed by atoms with E-state index < -0.39 is 17.6 Å². The Kier molecular flexibility index (Phi) is 6.16. The van der Waals surface area contributed by atoms with E-state index in [0.29, 0.717) is 0 Å². The number of fused-ring (bicyclic) bond motifs is 1. The summed E-state index contributed by atoms with van der Waals surface area (Å²) in [5.41, 5.74) is 4.18. The van der Waals surface area contributed by atoms with E-state index in [4.69, 9.17) is 9.84 Å². The van der Waals surface area contributed by atoms with Crippen LogP contribution in [0.1, 0.15) is 29.5 Å². The molecule has 0 spiro atoms. The second-order valence-corrected chi connectivity index (χ2v) is 7.60. The monoisotopic (exact) mass is 423 g/mol. The molecule has 1 aliphatic rings. The largest absolute Gasteiger partial charge is 0.489 e. The normalized spacial score (nSPS) is 13.0. The van der Waals surface area contributed by atoms with Gasteiger partial charge in [-0.05, 0) is 48.6 Å². The summed E-state index contributed by atoms with van der Waals surface area (Å²) >= 11 is 0. The molecule has 6 heteroatoms. The molecular formula is C25H23F2NO3. The fraction of sp³-hybridized carbons (Fsp3) is 0.240. The number of ether oxygens (including phenoxy) is 1. The van der Waals surface area contributed by atoms with Crippen molar-refractivity contribution >= 4 is 17.3 Å². The predicted molar refractivity (Wildman–Crippen MR) is 115 cm³/mol. The van der Waals surface area contributed by atoms with Gasteiger partial charge in [0.15, 0.2) is 0 Å². The van der Waals surface area contributed by atoms with Gasteiger partial charge in [0.25, 0.3) is 0 Å². The van der Waals surface area contributed by atoms with Crippen LogP contribution in [0, 0.1) is 11.6 Å². The first kappa shape index (κ1) is 20.8. The molecule has 0 radical (unpaired) electrons. The fourth-order valence-corrected chi connectivity index (χ4v) is 3.89. The lowest BCUT2D eigenvalue weighted by Gasteiger charge is -2.32. The van der Waals surface area contributed by atoms with Crippen molar-refractivity contribution in [1.29, 1.82) is 0 Å². The van der Waals surface area contributed by atoms with E-state index in [-0.39, 0.29) is 30.8 Å². The van der Waals surface area contributed by atoms with Crippen LogP contribution in [0.4, 0.5) is 20.2 Å². The number of aliphatic carboxylic acids is 1. The average Bonchev–Trinajstić information content (AvgIpc) is 2.77. The molecule has 0 saturated heterocycles. The van der Waals surface area contributed by atoms with Crippen molar-refractivity contribution in [2.75, 3.05) is 11.4 Å². The van der Waals surface area contributed by atoms with Crippen LogP contribution in [0.2, 0.25) is 0 Å². The van der Waals surface area contributed by atoms with Crippen LogP contribution < -0.4 is 9.64 Å². The molecule has 0 fully saturated rings. The van der Waals surface area contributed by atoms with Crippen molar-refractivity contribution < 1.29 is 23.4 Å². The molecule has 0 saturated carbocycles. The third-order valence-electron chi connectivity index (χ3n) is 5.45.